The van der Waals surface area contributed by atoms with E-state index in [4.69, 9.17) is 0 Å². The standard InChI is InChI=1S/C19H28N4O2/c24-18-12-15-4-3-6-17(15)21-23(18)11-10-22-9-2-1-5-16(22)13-20-19(25)14-7-8-14/h12,14,16H,1-11,13H2,(H,20,25). The van der Waals surface area contributed by atoms with E-state index >= 15 is 0 Å². The molecule has 1 saturated carbocycles. The van der Waals surface area contributed by atoms with Gasteiger partial charge in [0.15, 0.2) is 0 Å². The Hall–Kier alpha value is -1.69. The van der Waals surface area contributed by atoms with Gasteiger partial charge in [-0.2, -0.15) is 5.10 Å². The molecule has 6 heteroatoms. The summed E-state index contributed by atoms with van der Waals surface area (Å²) in [4.78, 5) is 26.6. The predicted octanol–water partition coefficient (Wildman–Crippen LogP) is 1.11. The predicted molar refractivity (Wildman–Crippen MR) is 95.5 cm³/mol. The maximum Gasteiger partial charge on any atom is 0.267 e. The monoisotopic (exact) mass is 344 g/mol. The van der Waals surface area contributed by atoms with E-state index in [0.29, 0.717) is 12.6 Å². The van der Waals surface area contributed by atoms with Gasteiger partial charge in [-0.3, -0.25) is 14.5 Å². The second-order valence-electron chi connectivity index (χ2n) is 7.74. The first-order chi connectivity index (χ1) is 12.2. The molecule has 0 aromatic carbocycles. The van der Waals surface area contributed by atoms with Crippen LogP contribution < -0.4 is 10.9 Å². The highest BCUT2D eigenvalue weighted by molar-refractivity contribution is 5.80. The summed E-state index contributed by atoms with van der Waals surface area (Å²) in [6, 6.07) is 2.17. The lowest BCUT2D eigenvalue weighted by molar-refractivity contribution is -0.122. The maximum absolute atomic E-state index is 12.3. The number of aryl methyl sites for hydroxylation is 2. The van der Waals surface area contributed by atoms with E-state index in [1.165, 1.54) is 12.8 Å². The number of likely N-dealkylation sites (tertiary alicyclic amines) is 1. The Morgan fingerprint density at radius 2 is 2.04 bits per heavy atom. The van der Waals surface area contributed by atoms with Crippen molar-refractivity contribution in [2.45, 2.75) is 64.0 Å². The number of hydrogen-bond donors (Lipinski definition) is 1. The molecule has 0 spiro atoms. The molecule has 1 amide bonds. The summed E-state index contributed by atoms with van der Waals surface area (Å²) in [5.74, 6) is 0.494. The minimum Gasteiger partial charge on any atom is -0.354 e. The minimum atomic E-state index is 0.0243. The number of rotatable bonds is 6. The van der Waals surface area contributed by atoms with Crippen molar-refractivity contribution in [3.05, 3.63) is 27.7 Å². The average molecular weight is 344 g/mol. The van der Waals surface area contributed by atoms with Crippen molar-refractivity contribution in [3.8, 4) is 0 Å². The van der Waals surface area contributed by atoms with Gasteiger partial charge in [-0.25, -0.2) is 4.68 Å². The van der Waals surface area contributed by atoms with Crippen molar-refractivity contribution in [1.29, 1.82) is 0 Å². The van der Waals surface area contributed by atoms with Crippen LogP contribution >= 0.6 is 0 Å². The molecular weight excluding hydrogens is 316 g/mol. The molecule has 1 atom stereocenters. The summed E-state index contributed by atoms with van der Waals surface area (Å²) in [5.41, 5.74) is 2.27. The number of aromatic nitrogens is 2. The highest BCUT2D eigenvalue weighted by Gasteiger charge is 2.30. The summed E-state index contributed by atoms with van der Waals surface area (Å²) in [6.45, 7) is 3.25. The second-order valence-corrected chi connectivity index (χ2v) is 7.74. The third kappa shape index (κ3) is 3.94. The minimum absolute atomic E-state index is 0.0243. The molecule has 1 unspecified atom stereocenters. The summed E-state index contributed by atoms with van der Waals surface area (Å²) in [7, 11) is 0. The topological polar surface area (TPSA) is 67.2 Å². The molecule has 6 nitrogen and oxygen atoms in total. The first-order valence-corrected chi connectivity index (χ1v) is 9.82. The Morgan fingerprint density at radius 1 is 1.16 bits per heavy atom. The molecule has 2 aliphatic carbocycles. The number of amides is 1. The highest BCUT2D eigenvalue weighted by Crippen LogP contribution is 2.28. The SMILES string of the molecule is O=C(NCC1CCCCN1CCn1nc2c(cc1=O)CCC2)C1CC1. The van der Waals surface area contributed by atoms with Crippen molar-refractivity contribution in [2.24, 2.45) is 5.92 Å². The van der Waals surface area contributed by atoms with Crippen LogP contribution in [0.5, 0.6) is 0 Å². The largest absolute Gasteiger partial charge is 0.354 e. The van der Waals surface area contributed by atoms with Gasteiger partial charge in [0, 0.05) is 31.1 Å². The van der Waals surface area contributed by atoms with E-state index in [2.05, 4.69) is 15.3 Å². The third-order valence-corrected chi connectivity index (χ3v) is 5.83. The van der Waals surface area contributed by atoms with Crippen LogP contribution in [-0.2, 0) is 24.2 Å². The van der Waals surface area contributed by atoms with Crippen molar-refractivity contribution in [3.63, 3.8) is 0 Å². The van der Waals surface area contributed by atoms with Gasteiger partial charge in [0.25, 0.3) is 5.56 Å². The molecule has 4 rings (SSSR count). The Morgan fingerprint density at radius 3 is 2.88 bits per heavy atom. The van der Waals surface area contributed by atoms with Gasteiger partial charge in [-0.15, -0.1) is 0 Å². The van der Waals surface area contributed by atoms with E-state index in [1.807, 2.05) is 0 Å². The number of fused-ring (bicyclic) bond motifs is 1. The Balaban J connectivity index is 1.35. The molecule has 1 N–H and O–H groups in total. The zero-order valence-electron chi connectivity index (χ0n) is 14.9. The number of carbonyl (C=O) groups is 1. The lowest BCUT2D eigenvalue weighted by Gasteiger charge is -2.35. The second kappa shape index (κ2) is 7.28. The van der Waals surface area contributed by atoms with Crippen LogP contribution in [0.4, 0.5) is 0 Å². The lowest BCUT2D eigenvalue weighted by atomic mass is 10.0. The fourth-order valence-corrected chi connectivity index (χ4v) is 4.12. The number of hydrogen-bond acceptors (Lipinski definition) is 4. The van der Waals surface area contributed by atoms with Crippen molar-refractivity contribution in [1.82, 2.24) is 20.0 Å². The summed E-state index contributed by atoms with van der Waals surface area (Å²) >= 11 is 0. The van der Waals surface area contributed by atoms with Crippen LogP contribution in [0, 0.1) is 5.92 Å². The molecule has 1 aliphatic heterocycles. The van der Waals surface area contributed by atoms with Crippen LogP contribution in [-0.4, -0.2) is 46.3 Å². The maximum atomic E-state index is 12.3. The Kier molecular flexibility index (Phi) is 4.88. The average Bonchev–Trinajstić information content (AvgIpc) is 3.38. The molecule has 1 saturated heterocycles. The van der Waals surface area contributed by atoms with Gasteiger partial charge < -0.3 is 5.32 Å². The van der Waals surface area contributed by atoms with Crippen LogP contribution in [0.2, 0.25) is 0 Å². The van der Waals surface area contributed by atoms with Crippen molar-refractivity contribution < 1.29 is 4.79 Å². The smallest absolute Gasteiger partial charge is 0.267 e. The lowest BCUT2D eigenvalue weighted by Crippen LogP contribution is -2.48. The third-order valence-electron chi connectivity index (χ3n) is 5.83. The van der Waals surface area contributed by atoms with Gasteiger partial charge in [-0.1, -0.05) is 6.42 Å². The molecule has 25 heavy (non-hydrogen) atoms. The molecule has 0 radical (unpaired) electrons. The zero-order valence-corrected chi connectivity index (χ0v) is 14.9. The molecule has 1 aromatic rings. The van der Waals surface area contributed by atoms with Crippen LogP contribution in [0.15, 0.2) is 10.9 Å². The highest BCUT2D eigenvalue weighted by atomic mass is 16.2. The van der Waals surface area contributed by atoms with Gasteiger partial charge >= 0.3 is 0 Å². The van der Waals surface area contributed by atoms with Crippen molar-refractivity contribution in [2.75, 3.05) is 19.6 Å². The number of nitrogens with zero attached hydrogens (tertiary/aromatic N) is 3. The molecule has 2 fully saturated rings. The number of piperidine rings is 1. The van der Waals surface area contributed by atoms with E-state index < -0.39 is 0 Å². The zero-order chi connectivity index (χ0) is 17.2. The first-order valence-electron chi connectivity index (χ1n) is 9.82. The van der Waals surface area contributed by atoms with Gasteiger partial charge in [0.05, 0.1) is 12.2 Å². The number of carbonyl (C=O) groups excluding carboxylic acids is 1. The van der Waals surface area contributed by atoms with E-state index in [9.17, 15) is 9.59 Å². The summed E-state index contributed by atoms with van der Waals surface area (Å²) < 4.78 is 1.64. The van der Waals surface area contributed by atoms with E-state index in [1.54, 1.807) is 10.7 Å². The van der Waals surface area contributed by atoms with Crippen LogP contribution in [0.1, 0.15) is 49.8 Å². The summed E-state index contributed by atoms with van der Waals surface area (Å²) in [5, 5.41) is 7.70. The Bertz CT molecular complexity index is 695. The molecule has 136 valence electrons. The molecule has 1 aromatic heterocycles. The normalized spacial score (nSPS) is 23.4. The molecular formula is C19H28N4O2. The van der Waals surface area contributed by atoms with Gasteiger partial charge in [0.1, 0.15) is 0 Å². The van der Waals surface area contributed by atoms with Gasteiger partial charge in [-0.05, 0) is 57.1 Å². The molecule has 0 bridgehead atoms. The van der Waals surface area contributed by atoms with Crippen LogP contribution in [0.25, 0.3) is 0 Å². The molecule has 2 heterocycles. The fraction of sp³-hybridized carbons (Fsp3) is 0.737. The van der Waals surface area contributed by atoms with Gasteiger partial charge in [0.2, 0.25) is 5.91 Å². The Labute approximate surface area is 148 Å². The van der Waals surface area contributed by atoms with E-state index in [-0.39, 0.29) is 17.4 Å². The fourth-order valence-electron chi connectivity index (χ4n) is 4.12. The van der Waals surface area contributed by atoms with Crippen molar-refractivity contribution >= 4 is 5.91 Å². The molecule has 3 aliphatic rings. The first kappa shape index (κ1) is 16.8. The quantitative estimate of drug-likeness (QED) is 0.840. The summed E-state index contributed by atoms with van der Waals surface area (Å²) in [6.07, 6.45) is 8.73. The number of nitrogens with one attached hydrogen (secondary N) is 1. The van der Waals surface area contributed by atoms with E-state index in [0.717, 1.165) is 69.4 Å². The van der Waals surface area contributed by atoms with Crippen LogP contribution in [0.3, 0.4) is 0 Å².